The molecule has 2 aromatic rings. The van der Waals surface area contributed by atoms with Gasteiger partial charge < -0.3 is 10.4 Å². The van der Waals surface area contributed by atoms with Crippen molar-refractivity contribution in [3.8, 4) is 0 Å². The molecule has 2 atom stereocenters. The van der Waals surface area contributed by atoms with Crippen LogP contribution < -0.4 is 5.32 Å². The summed E-state index contributed by atoms with van der Waals surface area (Å²) in [6.07, 6.45) is -0.445. The number of rotatable bonds is 6. The van der Waals surface area contributed by atoms with E-state index in [9.17, 15) is 5.11 Å². The molecule has 0 radical (unpaired) electrons. The van der Waals surface area contributed by atoms with Crippen LogP contribution >= 0.6 is 0 Å². The second kappa shape index (κ2) is 6.87. The standard InChI is InChI=1S/C18H25NO/c1-13(2)14(3)11-19-12-18(20)17-9-8-15-6-4-5-7-16(15)10-17/h4-10,13-14,18-20H,11-12H2,1-3H3. The Labute approximate surface area is 121 Å². The van der Waals surface area contributed by atoms with Crippen LogP contribution in [0.2, 0.25) is 0 Å². The molecule has 2 unspecified atom stereocenters. The molecule has 0 saturated carbocycles. The number of aliphatic hydroxyl groups is 1. The Morgan fingerprint density at radius 1 is 0.950 bits per heavy atom. The molecule has 20 heavy (non-hydrogen) atoms. The maximum absolute atomic E-state index is 10.3. The zero-order valence-corrected chi connectivity index (χ0v) is 12.6. The van der Waals surface area contributed by atoms with Crippen molar-refractivity contribution >= 4 is 10.8 Å². The van der Waals surface area contributed by atoms with Crippen LogP contribution in [0.25, 0.3) is 10.8 Å². The Balaban J connectivity index is 1.95. The van der Waals surface area contributed by atoms with Crippen LogP contribution in [0.1, 0.15) is 32.4 Å². The lowest BCUT2D eigenvalue weighted by Crippen LogP contribution is -2.28. The molecule has 0 aliphatic carbocycles. The Morgan fingerprint density at radius 3 is 2.35 bits per heavy atom. The number of hydrogen-bond donors (Lipinski definition) is 2. The van der Waals surface area contributed by atoms with Gasteiger partial charge in [-0.05, 0) is 40.8 Å². The highest BCUT2D eigenvalue weighted by Gasteiger charge is 2.10. The van der Waals surface area contributed by atoms with Crippen LogP contribution in [0.3, 0.4) is 0 Å². The molecule has 2 aromatic carbocycles. The predicted octanol–water partition coefficient (Wildman–Crippen LogP) is 3.75. The smallest absolute Gasteiger partial charge is 0.0914 e. The second-order valence-corrected chi connectivity index (χ2v) is 6.00. The molecule has 2 nitrogen and oxygen atoms in total. The highest BCUT2D eigenvalue weighted by molar-refractivity contribution is 5.83. The fourth-order valence-electron chi connectivity index (χ4n) is 2.22. The number of hydrogen-bond acceptors (Lipinski definition) is 2. The van der Waals surface area contributed by atoms with Crippen molar-refractivity contribution in [2.24, 2.45) is 11.8 Å². The van der Waals surface area contributed by atoms with E-state index in [2.05, 4.69) is 50.4 Å². The lowest BCUT2D eigenvalue weighted by atomic mass is 9.98. The lowest BCUT2D eigenvalue weighted by molar-refractivity contribution is 0.171. The molecule has 0 spiro atoms. The third-order valence-corrected chi connectivity index (χ3v) is 4.10. The highest BCUT2D eigenvalue weighted by Crippen LogP contribution is 2.20. The molecule has 2 rings (SSSR count). The van der Waals surface area contributed by atoms with Gasteiger partial charge in [0.05, 0.1) is 6.10 Å². The monoisotopic (exact) mass is 271 g/mol. The number of benzene rings is 2. The lowest BCUT2D eigenvalue weighted by Gasteiger charge is -2.18. The molecule has 0 amide bonds. The van der Waals surface area contributed by atoms with E-state index in [1.807, 2.05) is 18.2 Å². The van der Waals surface area contributed by atoms with E-state index in [1.54, 1.807) is 0 Å². The van der Waals surface area contributed by atoms with Gasteiger partial charge in [0.15, 0.2) is 0 Å². The Hall–Kier alpha value is -1.38. The van der Waals surface area contributed by atoms with Gasteiger partial charge in [0.25, 0.3) is 0 Å². The van der Waals surface area contributed by atoms with E-state index in [0.29, 0.717) is 18.4 Å². The average Bonchev–Trinajstić information content (AvgIpc) is 2.46. The Bertz CT molecular complexity index is 550. The van der Waals surface area contributed by atoms with Crippen molar-refractivity contribution < 1.29 is 5.11 Å². The summed E-state index contributed by atoms with van der Waals surface area (Å²) in [6, 6.07) is 14.4. The fourth-order valence-corrected chi connectivity index (χ4v) is 2.22. The van der Waals surface area contributed by atoms with Crippen LogP contribution in [0.4, 0.5) is 0 Å². The first-order valence-corrected chi connectivity index (χ1v) is 7.45. The van der Waals surface area contributed by atoms with E-state index in [-0.39, 0.29) is 0 Å². The van der Waals surface area contributed by atoms with Crippen molar-refractivity contribution in [1.82, 2.24) is 5.32 Å². The summed E-state index contributed by atoms with van der Waals surface area (Å²) in [7, 11) is 0. The molecule has 0 aliphatic rings. The molecule has 0 heterocycles. The number of nitrogens with one attached hydrogen (secondary N) is 1. The first-order chi connectivity index (χ1) is 9.58. The van der Waals surface area contributed by atoms with E-state index in [4.69, 9.17) is 0 Å². The third-order valence-electron chi connectivity index (χ3n) is 4.10. The largest absolute Gasteiger partial charge is 0.387 e. The molecule has 0 bridgehead atoms. The quantitative estimate of drug-likeness (QED) is 0.838. The Morgan fingerprint density at radius 2 is 1.65 bits per heavy atom. The van der Waals surface area contributed by atoms with E-state index in [0.717, 1.165) is 12.1 Å². The van der Waals surface area contributed by atoms with Crippen molar-refractivity contribution in [2.45, 2.75) is 26.9 Å². The van der Waals surface area contributed by atoms with Gasteiger partial charge in [-0.3, -0.25) is 0 Å². The maximum Gasteiger partial charge on any atom is 0.0914 e. The van der Waals surface area contributed by atoms with Gasteiger partial charge in [0, 0.05) is 6.54 Å². The molecule has 0 fully saturated rings. The normalized spacial score (nSPS) is 14.7. The molecule has 2 N–H and O–H groups in total. The summed E-state index contributed by atoms with van der Waals surface area (Å²) in [5, 5.41) is 16.0. The molecule has 2 heteroatoms. The predicted molar refractivity (Wildman–Crippen MR) is 85.8 cm³/mol. The zero-order valence-electron chi connectivity index (χ0n) is 12.6. The van der Waals surface area contributed by atoms with E-state index in [1.165, 1.54) is 10.8 Å². The van der Waals surface area contributed by atoms with Gasteiger partial charge in [0.2, 0.25) is 0 Å². The second-order valence-electron chi connectivity index (χ2n) is 6.00. The topological polar surface area (TPSA) is 32.3 Å². The first kappa shape index (κ1) is 15.0. The third kappa shape index (κ3) is 3.81. The van der Waals surface area contributed by atoms with Gasteiger partial charge in [-0.15, -0.1) is 0 Å². The summed E-state index contributed by atoms with van der Waals surface area (Å²) in [4.78, 5) is 0. The highest BCUT2D eigenvalue weighted by atomic mass is 16.3. The Kier molecular flexibility index (Phi) is 5.16. The van der Waals surface area contributed by atoms with Crippen LogP contribution in [0, 0.1) is 11.8 Å². The van der Waals surface area contributed by atoms with Gasteiger partial charge in [-0.25, -0.2) is 0 Å². The first-order valence-electron chi connectivity index (χ1n) is 7.45. The van der Waals surface area contributed by atoms with E-state index < -0.39 is 6.10 Å². The maximum atomic E-state index is 10.3. The summed E-state index contributed by atoms with van der Waals surface area (Å²) >= 11 is 0. The van der Waals surface area contributed by atoms with Gasteiger partial charge in [-0.2, -0.15) is 0 Å². The van der Waals surface area contributed by atoms with Gasteiger partial charge in [-0.1, -0.05) is 57.2 Å². The summed E-state index contributed by atoms with van der Waals surface area (Å²) < 4.78 is 0. The van der Waals surface area contributed by atoms with Crippen LogP contribution in [0.5, 0.6) is 0 Å². The van der Waals surface area contributed by atoms with Crippen molar-refractivity contribution in [3.63, 3.8) is 0 Å². The minimum Gasteiger partial charge on any atom is -0.387 e. The SMILES string of the molecule is CC(C)C(C)CNCC(O)c1ccc2ccccc2c1. The van der Waals surface area contributed by atoms with Crippen LogP contribution in [0.15, 0.2) is 42.5 Å². The molecule has 108 valence electrons. The van der Waals surface area contributed by atoms with Gasteiger partial charge in [0.1, 0.15) is 0 Å². The number of fused-ring (bicyclic) bond motifs is 1. The fraction of sp³-hybridized carbons (Fsp3) is 0.444. The van der Waals surface area contributed by atoms with Crippen LogP contribution in [-0.2, 0) is 0 Å². The zero-order chi connectivity index (χ0) is 14.5. The summed E-state index contributed by atoms with van der Waals surface area (Å²) in [6.45, 7) is 8.25. The molecular weight excluding hydrogens is 246 g/mol. The van der Waals surface area contributed by atoms with Crippen molar-refractivity contribution in [2.75, 3.05) is 13.1 Å². The summed E-state index contributed by atoms with van der Waals surface area (Å²) in [5.74, 6) is 1.29. The molecule has 0 aromatic heterocycles. The number of aliphatic hydroxyl groups excluding tert-OH is 1. The van der Waals surface area contributed by atoms with Crippen LogP contribution in [-0.4, -0.2) is 18.2 Å². The molecule has 0 aliphatic heterocycles. The minimum atomic E-state index is -0.445. The summed E-state index contributed by atoms with van der Waals surface area (Å²) in [5.41, 5.74) is 0.980. The van der Waals surface area contributed by atoms with Crippen molar-refractivity contribution in [1.29, 1.82) is 0 Å². The molecule has 0 saturated heterocycles. The van der Waals surface area contributed by atoms with E-state index >= 15 is 0 Å². The molecular formula is C18H25NO. The van der Waals surface area contributed by atoms with Crippen molar-refractivity contribution in [3.05, 3.63) is 48.0 Å². The average molecular weight is 271 g/mol. The minimum absolute atomic E-state index is 0.445. The van der Waals surface area contributed by atoms with Gasteiger partial charge >= 0.3 is 0 Å².